The van der Waals surface area contributed by atoms with Gasteiger partial charge in [-0.25, -0.2) is 5.43 Å². The summed E-state index contributed by atoms with van der Waals surface area (Å²) in [7, 11) is -4.42. The molecule has 1 amide bonds. The number of nitrogens with zero attached hydrogens (tertiary/aromatic N) is 2. The van der Waals surface area contributed by atoms with Crippen molar-refractivity contribution in [2.75, 3.05) is 5.32 Å². The van der Waals surface area contributed by atoms with E-state index in [1.807, 2.05) is 30.3 Å². The fraction of sp³-hybridized carbons (Fsp3) is 0.120. The number of nitrogens with two attached hydrogens (primary N) is 1. The van der Waals surface area contributed by atoms with Gasteiger partial charge in [-0.1, -0.05) is 60.1 Å². The lowest BCUT2D eigenvalue weighted by Crippen LogP contribution is -2.30. The Hall–Kier alpha value is -3.67. The van der Waals surface area contributed by atoms with Crippen LogP contribution in [-0.4, -0.2) is 31.8 Å². The molecule has 37 heavy (non-hydrogen) atoms. The Morgan fingerprint density at radius 1 is 1.00 bits per heavy atom. The van der Waals surface area contributed by atoms with Gasteiger partial charge in [0, 0.05) is 23.3 Å². The van der Waals surface area contributed by atoms with Crippen LogP contribution in [0, 0.1) is 0 Å². The van der Waals surface area contributed by atoms with Gasteiger partial charge in [0.05, 0.1) is 10.6 Å². The van der Waals surface area contributed by atoms with E-state index >= 15 is 0 Å². The molecule has 4 N–H and O–H groups in total. The monoisotopic (exact) mass is 557 g/mol. The van der Waals surface area contributed by atoms with Crippen LogP contribution in [0.15, 0.2) is 92.1 Å². The molecule has 0 bridgehead atoms. The number of thioether (sulfide) groups is 1. The number of nitrogens with one attached hydrogen (secondary N) is 2. The molecule has 0 saturated carbocycles. The van der Waals surface area contributed by atoms with Crippen molar-refractivity contribution in [3.8, 4) is 0 Å². The first-order chi connectivity index (χ1) is 17.6. The van der Waals surface area contributed by atoms with Crippen LogP contribution in [0.3, 0.4) is 0 Å². The molecular weight excluding hydrogens is 534 g/mol. The van der Waals surface area contributed by atoms with Crippen molar-refractivity contribution in [1.29, 1.82) is 0 Å². The predicted octanol–water partition coefficient (Wildman–Crippen LogP) is 4.44. The average molecular weight is 558 g/mol. The van der Waals surface area contributed by atoms with Gasteiger partial charge in [0.15, 0.2) is 5.78 Å². The zero-order valence-corrected chi connectivity index (χ0v) is 22.3. The summed E-state index contributed by atoms with van der Waals surface area (Å²) in [6.45, 7) is 2.74. The van der Waals surface area contributed by atoms with Crippen molar-refractivity contribution in [3.05, 3.63) is 88.9 Å². The van der Waals surface area contributed by atoms with Crippen LogP contribution >= 0.6 is 23.4 Å². The topological polar surface area (TPSA) is 143 Å². The molecule has 0 saturated heterocycles. The summed E-state index contributed by atoms with van der Waals surface area (Å²) in [6.07, 6.45) is 0. The average Bonchev–Trinajstić information content (AvgIpc) is 2.86. The third-order valence-corrected chi connectivity index (χ3v) is 7.79. The second-order valence-corrected chi connectivity index (χ2v) is 10.7. The quantitative estimate of drug-likeness (QED) is 0.153. The Morgan fingerprint density at radius 3 is 2.24 bits per heavy atom. The Labute approximate surface area is 224 Å². The number of Topliss-reactive ketones (excluding diaryl/α,β-unsaturated/α-hetero) is 1. The number of amides is 1. The van der Waals surface area contributed by atoms with Gasteiger partial charge in [0.25, 0.3) is 15.9 Å². The molecule has 12 heteroatoms. The van der Waals surface area contributed by atoms with E-state index in [0.717, 1.165) is 5.56 Å². The van der Waals surface area contributed by atoms with Crippen LogP contribution in [0.2, 0.25) is 5.02 Å². The molecular formula is C25H24ClN5O4S2. The second-order valence-electron chi connectivity index (χ2n) is 7.69. The molecule has 0 unspecified atom stereocenters. The molecule has 0 radical (unpaired) electrons. The summed E-state index contributed by atoms with van der Waals surface area (Å²) in [5.41, 5.74) is 9.47. The number of guanidine groups is 1. The zero-order chi connectivity index (χ0) is 27.0. The molecule has 0 aliphatic rings. The van der Waals surface area contributed by atoms with E-state index in [9.17, 15) is 18.0 Å². The lowest BCUT2D eigenvalue weighted by atomic mass is 10.2. The predicted molar refractivity (Wildman–Crippen MR) is 148 cm³/mol. The van der Waals surface area contributed by atoms with Crippen LogP contribution in [0.25, 0.3) is 0 Å². The van der Waals surface area contributed by atoms with E-state index in [0.29, 0.717) is 11.4 Å². The zero-order valence-electron chi connectivity index (χ0n) is 19.9. The van der Waals surface area contributed by atoms with Crippen LogP contribution in [0.4, 0.5) is 5.69 Å². The van der Waals surface area contributed by atoms with E-state index in [2.05, 4.69) is 20.2 Å². The maximum absolute atomic E-state index is 13.3. The molecule has 3 aromatic carbocycles. The first-order valence-corrected chi connectivity index (χ1v) is 13.7. The normalized spacial score (nSPS) is 12.2. The first kappa shape index (κ1) is 27.9. The number of sulfonamides is 1. The maximum Gasteiger partial charge on any atom is 0.286 e. The smallest absolute Gasteiger partial charge is 0.286 e. The van der Waals surface area contributed by atoms with E-state index in [4.69, 9.17) is 17.3 Å². The number of rotatable bonds is 9. The minimum atomic E-state index is -4.42. The van der Waals surface area contributed by atoms with Crippen molar-refractivity contribution < 1.29 is 18.0 Å². The number of hydrogen-bond donors (Lipinski definition) is 3. The van der Waals surface area contributed by atoms with E-state index in [1.54, 1.807) is 30.3 Å². The van der Waals surface area contributed by atoms with Gasteiger partial charge in [-0.05, 0) is 36.8 Å². The third-order valence-electron chi connectivity index (χ3n) is 4.89. The third kappa shape index (κ3) is 7.91. The highest BCUT2D eigenvalue weighted by atomic mass is 35.5. The van der Waals surface area contributed by atoms with Crippen LogP contribution in [0.5, 0.6) is 0 Å². The molecule has 0 spiro atoms. The van der Waals surface area contributed by atoms with Gasteiger partial charge in [0.2, 0.25) is 5.96 Å². The lowest BCUT2D eigenvalue weighted by molar-refractivity contribution is -0.111. The van der Waals surface area contributed by atoms with E-state index in [1.165, 1.54) is 37.7 Å². The number of halogens is 1. The number of para-hydroxylation sites is 1. The molecule has 0 atom stereocenters. The van der Waals surface area contributed by atoms with E-state index < -0.39 is 21.9 Å². The molecule has 0 aliphatic heterocycles. The number of benzene rings is 3. The standard InChI is InChI=1S/C25H24ClN5O4S2/c1-16(17(2)32)29-30-25(27)31-37(34,35)23-13-20(24(33)28-19-11-7-4-8-12-19)21(26)14-22(23)36-15-18-9-5-3-6-10-18/h3-14H,15H2,1-2H3,(H,28,33)(H3,27,30,31)/b29-16+. The number of carbonyl (C=O) groups excluding carboxylic acids is 2. The maximum atomic E-state index is 13.3. The van der Waals surface area contributed by atoms with Crippen LogP contribution < -0.4 is 16.5 Å². The summed E-state index contributed by atoms with van der Waals surface area (Å²) in [5, 5.41) is 6.47. The number of anilines is 1. The minimum Gasteiger partial charge on any atom is -0.368 e. The van der Waals surface area contributed by atoms with Gasteiger partial charge in [-0.15, -0.1) is 16.2 Å². The number of ketones is 1. The first-order valence-electron chi connectivity index (χ1n) is 10.8. The Morgan fingerprint density at radius 2 is 1.62 bits per heavy atom. The summed E-state index contributed by atoms with van der Waals surface area (Å²) in [5.74, 6) is -1.03. The summed E-state index contributed by atoms with van der Waals surface area (Å²) >= 11 is 7.64. The Bertz CT molecular complexity index is 1460. The second kappa shape index (κ2) is 12.5. The van der Waals surface area contributed by atoms with Crippen LogP contribution in [0.1, 0.15) is 29.8 Å². The Kier molecular flexibility index (Phi) is 9.45. The summed E-state index contributed by atoms with van der Waals surface area (Å²) in [6, 6.07) is 20.7. The van der Waals surface area contributed by atoms with Crippen molar-refractivity contribution in [2.45, 2.75) is 29.4 Å². The van der Waals surface area contributed by atoms with Crippen molar-refractivity contribution in [1.82, 2.24) is 5.43 Å². The van der Waals surface area contributed by atoms with Gasteiger partial charge in [-0.2, -0.15) is 13.5 Å². The minimum absolute atomic E-state index is 0.0552. The largest absolute Gasteiger partial charge is 0.368 e. The molecule has 0 aliphatic carbocycles. The van der Waals surface area contributed by atoms with Gasteiger partial charge >= 0.3 is 0 Å². The molecule has 9 nitrogen and oxygen atoms in total. The van der Waals surface area contributed by atoms with Gasteiger partial charge in [0.1, 0.15) is 10.6 Å². The highest BCUT2D eigenvalue weighted by Gasteiger charge is 2.24. The molecule has 3 aromatic rings. The van der Waals surface area contributed by atoms with E-state index in [-0.39, 0.29) is 31.9 Å². The fourth-order valence-corrected chi connectivity index (χ4v) is 5.60. The molecule has 0 aromatic heterocycles. The lowest BCUT2D eigenvalue weighted by Gasteiger charge is -2.13. The summed E-state index contributed by atoms with van der Waals surface area (Å²) in [4.78, 5) is 24.3. The van der Waals surface area contributed by atoms with Crippen molar-refractivity contribution >= 4 is 62.4 Å². The highest BCUT2D eigenvalue weighted by Crippen LogP contribution is 2.35. The Balaban J connectivity index is 2.01. The fourth-order valence-electron chi connectivity index (χ4n) is 2.90. The van der Waals surface area contributed by atoms with Crippen molar-refractivity contribution in [3.63, 3.8) is 0 Å². The number of carbonyl (C=O) groups is 2. The molecule has 0 heterocycles. The number of hydrazone groups is 1. The molecule has 3 rings (SSSR count). The highest BCUT2D eigenvalue weighted by molar-refractivity contribution is 7.99. The van der Waals surface area contributed by atoms with Gasteiger partial charge in [-0.3, -0.25) is 9.59 Å². The summed E-state index contributed by atoms with van der Waals surface area (Å²) < 4.78 is 30.2. The SMILES string of the molecule is CC(=O)/C(C)=N/N/C(N)=N/S(=O)(=O)c1cc(C(=O)Nc2ccccc2)c(Cl)cc1SCc1ccccc1. The van der Waals surface area contributed by atoms with Crippen molar-refractivity contribution in [2.24, 2.45) is 15.2 Å². The molecule has 192 valence electrons. The number of hydrogen-bond acceptors (Lipinski definition) is 6. The van der Waals surface area contributed by atoms with Crippen LogP contribution in [-0.2, 0) is 20.6 Å². The van der Waals surface area contributed by atoms with Gasteiger partial charge < -0.3 is 11.1 Å². The molecule has 0 fully saturated rings.